The topological polar surface area (TPSA) is 80.8 Å². The van der Waals surface area contributed by atoms with E-state index in [4.69, 9.17) is 4.74 Å². The molecule has 1 heterocycles. The second kappa shape index (κ2) is 7.63. The number of aryl methyl sites for hydroxylation is 2. The normalized spacial score (nSPS) is 15.6. The first-order valence-electron chi connectivity index (χ1n) is 9.76. The van der Waals surface area contributed by atoms with Crippen molar-refractivity contribution in [2.75, 3.05) is 23.7 Å². The number of ketones is 1. The van der Waals surface area contributed by atoms with Crippen LogP contribution in [0.15, 0.2) is 36.4 Å². The molecule has 0 N–H and O–H groups in total. The molecule has 6 nitrogen and oxygen atoms in total. The van der Waals surface area contributed by atoms with E-state index in [9.17, 15) is 18.0 Å². The van der Waals surface area contributed by atoms with Gasteiger partial charge in [-0.05, 0) is 73.1 Å². The zero-order valence-electron chi connectivity index (χ0n) is 16.3. The maximum Gasteiger partial charge on any atom is 0.338 e. The Bertz CT molecular complexity index is 1090. The molecule has 1 aliphatic carbocycles. The van der Waals surface area contributed by atoms with Crippen molar-refractivity contribution in [3.05, 3.63) is 64.2 Å². The third-order valence-corrected chi connectivity index (χ3v) is 6.75. The number of hydrogen-bond donors (Lipinski definition) is 0. The van der Waals surface area contributed by atoms with Crippen LogP contribution in [0.1, 0.15) is 50.2 Å². The summed E-state index contributed by atoms with van der Waals surface area (Å²) in [4.78, 5) is 24.8. The van der Waals surface area contributed by atoms with Gasteiger partial charge < -0.3 is 4.74 Å². The fourth-order valence-electron chi connectivity index (χ4n) is 4.05. The monoisotopic (exact) mass is 413 g/mol. The largest absolute Gasteiger partial charge is 0.454 e. The van der Waals surface area contributed by atoms with Crippen LogP contribution in [0.5, 0.6) is 0 Å². The summed E-state index contributed by atoms with van der Waals surface area (Å²) in [6, 6.07) is 10.5. The van der Waals surface area contributed by atoms with E-state index < -0.39 is 16.0 Å². The van der Waals surface area contributed by atoms with Gasteiger partial charge in [0.25, 0.3) is 0 Å². The Morgan fingerprint density at radius 2 is 1.62 bits per heavy atom. The summed E-state index contributed by atoms with van der Waals surface area (Å²) < 4.78 is 30.2. The average Bonchev–Trinajstić information content (AvgIpc) is 3.15. The summed E-state index contributed by atoms with van der Waals surface area (Å²) in [5.41, 5.74) is 4.77. The smallest absolute Gasteiger partial charge is 0.338 e. The van der Waals surface area contributed by atoms with E-state index in [1.54, 1.807) is 18.2 Å². The van der Waals surface area contributed by atoms with Gasteiger partial charge >= 0.3 is 5.97 Å². The molecule has 0 fully saturated rings. The Morgan fingerprint density at radius 3 is 2.38 bits per heavy atom. The highest BCUT2D eigenvalue weighted by atomic mass is 32.2. The Balaban J connectivity index is 1.42. The van der Waals surface area contributed by atoms with Crippen LogP contribution in [0.25, 0.3) is 0 Å². The molecular weight excluding hydrogens is 390 g/mol. The van der Waals surface area contributed by atoms with Gasteiger partial charge in [0, 0.05) is 12.1 Å². The molecule has 2 aromatic carbocycles. The summed E-state index contributed by atoms with van der Waals surface area (Å²) in [6.45, 7) is 0.0493. The quantitative estimate of drug-likeness (QED) is 0.556. The lowest BCUT2D eigenvalue weighted by Gasteiger charge is -2.16. The molecule has 0 bridgehead atoms. The molecule has 29 heavy (non-hydrogen) atoms. The van der Waals surface area contributed by atoms with Crippen molar-refractivity contribution in [1.29, 1.82) is 0 Å². The van der Waals surface area contributed by atoms with Crippen LogP contribution >= 0.6 is 0 Å². The highest BCUT2D eigenvalue weighted by molar-refractivity contribution is 7.92. The number of hydrogen-bond acceptors (Lipinski definition) is 5. The molecule has 2 aliphatic rings. The molecule has 0 atom stereocenters. The fourth-order valence-corrected chi connectivity index (χ4v) is 5.01. The number of sulfonamides is 1. The Morgan fingerprint density at radius 1 is 0.931 bits per heavy atom. The first kappa shape index (κ1) is 19.6. The fraction of sp³-hybridized carbons (Fsp3) is 0.364. The van der Waals surface area contributed by atoms with Crippen LogP contribution in [-0.4, -0.2) is 39.6 Å². The molecular formula is C22H23NO5S. The van der Waals surface area contributed by atoms with Crippen LogP contribution in [-0.2, 0) is 34.0 Å². The van der Waals surface area contributed by atoms with Crippen LogP contribution in [0.4, 0.5) is 5.69 Å². The molecule has 0 saturated heterocycles. The lowest BCUT2D eigenvalue weighted by atomic mass is 9.90. The van der Waals surface area contributed by atoms with E-state index in [0.29, 0.717) is 29.8 Å². The zero-order chi connectivity index (χ0) is 20.6. The molecule has 7 heteroatoms. The SMILES string of the molecule is CS(=O)(=O)N1CCc2cc(C(=O)OCC(=O)c3ccc4c(c3)CCCC4)ccc21. The van der Waals surface area contributed by atoms with Gasteiger partial charge in [-0.1, -0.05) is 12.1 Å². The summed E-state index contributed by atoms with van der Waals surface area (Å²) in [7, 11) is -3.34. The van der Waals surface area contributed by atoms with Crippen molar-refractivity contribution in [3.8, 4) is 0 Å². The molecule has 2 aromatic rings. The number of ether oxygens (including phenoxy) is 1. The van der Waals surface area contributed by atoms with Crippen molar-refractivity contribution in [1.82, 2.24) is 0 Å². The summed E-state index contributed by atoms with van der Waals surface area (Å²) in [6.07, 6.45) is 6.05. The molecule has 152 valence electrons. The maximum atomic E-state index is 12.5. The summed E-state index contributed by atoms with van der Waals surface area (Å²) in [5, 5.41) is 0. The zero-order valence-corrected chi connectivity index (χ0v) is 17.1. The number of Topliss-reactive ketones (excluding diaryl/α,β-unsaturated/α-hetero) is 1. The number of carbonyl (C=O) groups is 2. The molecule has 0 aromatic heterocycles. The van der Waals surface area contributed by atoms with Gasteiger partial charge in [0.15, 0.2) is 12.4 Å². The Hall–Kier alpha value is -2.67. The number of anilines is 1. The highest BCUT2D eigenvalue weighted by Crippen LogP contribution is 2.31. The molecule has 0 saturated carbocycles. The van der Waals surface area contributed by atoms with Gasteiger partial charge in [0.1, 0.15) is 0 Å². The van der Waals surface area contributed by atoms with Crippen molar-refractivity contribution in [2.24, 2.45) is 0 Å². The third kappa shape index (κ3) is 4.05. The Kier molecular flexibility index (Phi) is 5.17. The first-order chi connectivity index (χ1) is 13.8. The minimum Gasteiger partial charge on any atom is -0.454 e. The van der Waals surface area contributed by atoms with Crippen molar-refractivity contribution in [3.63, 3.8) is 0 Å². The van der Waals surface area contributed by atoms with Gasteiger partial charge in [-0.2, -0.15) is 0 Å². The predicted octanol–water partition coefficient (Wildman–Crippen LogP) is 2.93. The molecule has 1 aliphatic heterocycles. The molecule has 4 rings (SSSR count). The predicted molar refractivity (Wildman–Crippen MR) is 110 cm³/mol. The van der Waals surface area contributed by atoms with E-state index >= 15 is 0 Å². The van der Waals surface area contributed by atoms with E-state index in [2.05, 4.69) is 0 Å². The highest BCUT2D eigenvalue weighted by Gasteiger charge is 2.27. The summed E-state index contributed by atoms with van der Waals surface area (Å²) in [5.74, 6) is -0.812. The number of esters is 1. The lowest BCUT2D eigenvalue weighted by Crippen LogP contribution is -2.27. The van der Waals surface area contributed by atoms with Crippen molar-refractivity contribution < 1.29 is 22.7 Å². The second-order valence-corrected chi connectivity index (χ2v) is 9.53. The van der Waals surface area contributed by atoms with Gasteiger partial charge in [-0.15, -0.1) is 0 Å². The lowest BCUT2D eigenvalue weighted by molar-refractivity contribution is 0.0474. The van der Waals surface area contributed by atoms with Crippen LogP contribution < -0.4 is 4.31 Å². The van der Waals surface area contributed by atoms with E-state index in [-0.39, 0.29) is 12.4 Å². The number of fused-ring (bicyclic) bond motifs is 2. The number of carbonyl (C=O) groups excluding carboxylic acids is 2. The van der Waals surface area contributed by atoms with E-state index in [1.165, 1.54) is 27.9 Å². The van der Waals surface area contributed by atoms with Gasteiger partial charge in [0.2, 0.25) is 10.0 Å². The van der Waals surface area contributed by atoms with Crippen LogP contribution in [0.3, 0.4) is 0 Å². The standard InChI is InChI=1S/C22H23NO5S/c1-29(26,27)23-11-10-17-13-19(8-9-20(17)23)22(25)28-14-21(24)18-7-6-15-4-2-3-5-16(15)12-18/h6-9,12-13H,2-5,10-11,14H2,1H3. The average molecular weight is 413 g/mol. The molecule has 0 spiro atoms. The Labute approximate surface area is 170 Å². The van der Waals surface area contributed by atoms with Crippen molar-refractivity contribution >= 4 is 27.5 Å². The minimum absolute atomic E-state index is 0.226. The van der Waals surface area contributed by atoms with E-state index in [1.807, 2.05) is 12.1 Å². The van der Waals surface area contributed by atoms with Crippen LogP contribution in [0, 0.1) is 0 Å². The minimum atomic E-state index is -3.34. The van der Waals surface area contributed by atoms with Crippen LogP contribution in [0.2, 0.25) is 0 Å². The van der Waals surface area contributed by atoms with Gasteiger partial charge in [-0.25, -0.2) is 13.2 Å². The number of nitrogens with zero attached hydrogens (tertiary/aromatic N) is 1. The maximum absolute atomic E-state index is 12.5. The number of rotatable bonds is 5. The summed E-state index contributed by atoms with van der Waals surface area (Å²) >= 11 is 0. The van der Waals surface area contributed by atoms with Crippen molar-refractivity contribution in [2.45, 2.75) is 32.1 Å². The molecule has 0 unspecified atom stereocenters. The van der Waals surface area contributed by atoms with E-state index in [0.717, 1.165) is 31.1 Å². The molecule has 0 amide bonds. The number of benzene rings is 2. The molecule has 0 radical (unpaired) electrons. The van der Waals surface area contributed by atoms with Gasteiger partial charge in [-0.3, -0.25) is 9.10 Å². The third-order valence-electron chi connectivity index (χ3n) is 5.57. The second-order valence-electron chi connectivity index (χ2n) is 7.62. The van der Waals surface area contributed by atoms with Gasteiger partial charge in [0.05, 0.1) is 17.5 Å². The first-order valence-corrected chi connectivity index (χ1v) is 11.6.